The third kappa shape index (κ3) is 4.97. The lowest BCUT2D eigenvalue weighted by molar-refractivity contribution is 0.122. The Labute approximate surface area is 168 Å². The maximum absolute atomic E-state index is 6.23. The SMILES string of the molecule is COc1cc(CN2CCCCC2C(C)N)cc(OC)c1OCc1ccccc1. The van der Waals surface area contributed by atoms with Crippen molar-refractivity contribution in [3.05, 3.63) is 53.6 Å². The lowest BCUT2D eigenvalue weighted by Crippen LogP contribution is -2.48. The first-order valence-electron chi connectivity index (χ1n) is 10.0. The topological polar surface area (TPSA) is 57.0 Å². The van der Waals surface area contributed by atoms with E-state index >= 15 is 0 Å². The predicted octanol–water partition coefficient (Wildman–Crippen LogP) is 3.98. The van der Waals surface area contributed by atoms with E-state index in [0.29, 0.717) is 29.9 Å². The van der Waals surface area contributed by atoms with E-state index in [1.54, 1.807) is 14.2 Å². The number of hydrogen-bond donors (Lipinski definition) is 1. The van der Waals surface area contributed by atoms with Crippen LogP contribution in [0.4, 0.5) is 0 Å². The van der Waals surface area contributed by atoms with E-state index in [1.165, 1.54) is 12.8 Å². The minimum atomic E-state index is 0.164. The summed E-state index contributed by atoms with van der Waals surface area (Å²) in [5, 5.41) is 0. The molecule has 2 atom stereocenters. The molecule has 0 aromatic heterocycles. The van der Waals surface area contributed by atoms with Crippen molar-refractivity contribution in [3.63, 3.8) is 0 Å². The van der Waals surface area contributed by atoms with Crippen molar-refractivity contribution in [2.24, 2.45) is 5.73 Å². The first kappa shape index (κ1) is 20.5. The van der Waals surface area contributed by atoms with E-state index in [-0.39, 0.29) is 6.04 Å². The molecule has 152 valence electrons. The molecule has 0 spiro atoms. The van der Waals surface area contributed by atoms with Gasteiger partial charge in [0.25, 0.3) is 0 Å². The van der Waals surface area contributed by atoms with Crippen LogP contribution < -0.4 is 19.9 Å². The fourth-order valence-electron chi connectivity index (χ4n) is 3.94. The van der Waals surface area contributed by atoms with Crippen molar-refractivity contribution < 1.29 is 14.2 Å². The quantitative estimate of drug-likeness (QED) is 0.746. The van der Waals surface area contributed by atoms with Crippen molar-refractivity contribution >= 4 is 0 Å². The van der Waals surface area contributed by atoms with Gasteiger partial charge in [0.15, 0.2) is 11.5 Å². The van der Waals surface area contributed by atoms with Crippen molar-refractivity contribution in [1.82, 2.24) is 4.90 Å². The summed E-state index contributed by atoms with van der Waals surface area (Å²) in [5.74, 6) is 2.03. The van der Waals surface area contributed by atoms with Crippen LogP contribution in [0.3, 0.4) is 0 Å². The van der Waals surface area contributed by atoms with Crippen LogP contribution in [0.2, 0.25) is 0 Å². The zero-order valence-corrected chi connectivity index (χ0v) is 17.2. The lowest BCUT2D eigenvalue weighted by atomic mass is 9.96. The van der Waals surface area contributed by atoms with Crippen LogP contribution in [-0.4, -0.2) is 37.7 Å². The molecule has 0 radical (unpaired) electrons. The predicted molar refractivity (Wildman–Crippen MR) is 112 cm³/mol. The number of hydrogen-bond acceptors (Lipinski definition) is 5. The number of nitrogens with zero attached hydrogens (tertiary/aromatic N) is 1. The summed E-state index contributed by atoms with van der Waals surface area (Å²) in [6.45, 7) is 4.47. The Bertz CT molecular complexity index is 724. The van der Waals surface area contributed by atoms with Crippen molar-refractivity contribution in [2.45, 2.75) is 51.4 Å². The summed E-state index contributed by atoms with van der Waals surface area (Å²) in [7, 11) is 3.33. The second-order valence-corrected chi connectivity index (χ2v) is 7.50. The number of benzene rings is 2. The van der Waals surface area contributed by atoms with Crippen LogP contribution in [0, 0.1) is 0 Å². The average Bonchev–Trinajstić information content (AvgIpc) is 2.73. The molecule has 2 unspecified atom stereocenters. The molecule has 2 aromatic carbocycles. The van der Waals surface area contributed by atoms with E-state index in [1.807, 2.05) is 30.3 Å². The third-order valence-corrected chi connectivity index (χ3v) is 5.40. The van der Waals surface area contributed by atoms with E-state index in [9.17, 15) is 0 Å². The van der Waals surface area contributed by atoms with Crippen molar-refractivity contribution in [3.8, 4) is 17.2 Å². The van der Waals surface area contributed by atoms with Crippen LogP contribution in [0.25, 0.3) is 0 Å². The molecule has 3 rings (SSSR count). The number of ether oxygens (including phenoxy) is 3. The normalized spacial score (nSPS) is 18.5. The number of likely N-dealkylation sites (tertiary alicyclic amines) is 1. The Morgan fingerprint density at radius 1 is 1.04 bits per heavy atom. The Kier molecular flexibility index (Phi) is 7.18. The van der Waals surface area contributed by atoms with Crippen LogP contribution in [0.15, 0.2) is 42.5 Å². The Morgan fingerprint density at radius 3 is 2.32 bits per heavy atom. The van der Waals surface area contributed by atoms with Gasteiger partial charge >= 0.3 is 0 Å². The molecule has 28 heavy (non-hydrogen) atoms. The molecule has 1 fully saturated rings. The number of methoxy groups -OCH3 is 2. The summed E-state index contributed by atoms with van der Waals surface area (Å²) in [5.41, 5.74) is 8.48. The minimum Gasteiger partial charge on any atom is -0.493 e. The molecule has 1 aliphatic rings. The Morgan fingerprint density at radius 2 is 1.71 bits per heavy atom. The first-order valence-corrected chi connectivity index (χ1v) is 10.0. The lowest BCUT2D eigenvalue weighted by Gasteiger charge is -2.38. The van der Waals surface area contributed by atoms with Gasteiger partial charge in [-0.2, -0.15) is 0 Å². The van der Waals surface area contributed by atoms with Gasteiger partial charge in [0, 0.05) is 18.6 Å². The highest BCUT2D eigenvalue weighted by atomic mass is 16.5. The van der Waals surface area contributed by atoms with Gasteiger partial charge in [0.1, 0.15) is 6.61 Å². The number of piperidine rings is 1. The second kappa shape index (κ2) is 9.80. The zero-order valence-electron chi connectivity index (χ0n) is 17.2. The molecule has 5 nitrogen and oxygen atoms in total. The first-order chi connectivity index (χ1) is 13.6. The van der Waals surface area contributed by atoms with Gasteiger partial charge in [-0.25, -0.2) is 0 Å². The van der Waals surface area contributed by atoms with Crippen LogP contribution in [0.5, 0.6) is 17.2 Å². The molecule has 0 bridgehead atoms. The Hall–Kier alpha value is -2.24. The van der Waals surface area contributed by atoms with E-state index in [2.05, 4.69) is 24.0 Å². The van der Waals surface area contributed by atoms with Crippen LogP contribution >= 0.6 is 0 Å². The van der Waals surface area contributed by atoms with Gasteiger partial charge in [0.05, 0.1) is 14.2 Å². The van der Waals surface area contributed by atoms with Gasteiger partial charge in [-0.1, -0.05) is 36.8 Å². The molecular formula is C23H32N2O3. The zero-order chi connectivity index (χ0) is 19.9. The third-order valence-electron chi connectivity index (χ3n) is 5.40. The van der Waals surface area contributed by atoms with E-state index in [0.717, 1.165) is 30.6 Å². The van der Waals surface area contributed by atoms with Gasteiger partial charge < -0.3 is 19.9 Å². The summed E-state index contributed by atoms with van der Waals surface area (Å²) in [4.78, 5) is 2.48. The molecule has 5 heteroatoms. The maximum Gasteiger partial charge on any atom is 0.203 e. The van der Waals surface area contributed by atoms with Crippen LogP contribution in [0.1, 0.15) is 37.3 Å². The van der Waals surface area contributed by atoms with Gasteiger partial charge in [-0.15, -0.1) is 0 Å². The van der Waals surface area contributed by atoms with Crippen molar-refractivity contribution in [1.29, 1.82) is 0 Å². The van der Waals surface area contributed by atoms with Gasteiger partial charge in [0.2, 0.25) is 5.75 Å². The Balaban J connectivity index is 1.80. The van der Waals surface area contributed by atoms with E-state index < -0.39 is 0 Å². The molecule has 1 saturated heterocycles. The molecule has 2 aromatic rings. The highest BCUT2D eigenvalue weighted by Gasteiger charge is 2.26. The van der Waals surface area contributed by atoms with Crippen LogP contribution in [-0.2, 0) is 13.2 Å². The number of nitrogens with two attached hydrogens (primary N) is 1. The van der Waals surface area contributed by atoms with Gasteiger partial charge in [-0.3, -0.25) is 4.90 Å². The monoisotopic (exact) mass is 384 g/mol. The minimum absolute atomic E-state index is 0.164. The summed E-state index contributed by atoms with van der Waals surface area (Å²) in [6, 6.07) is 14.8. The highest BCUT2D eigenvalue weighted by molar-refractivity contribution is 5.54. The summed E-state index contributed by atoms with van der Waals surface area (Å²) >= 11 is 0. The highest BCUT2D eigenvalue weighted by Crippen LogP contribution is 2.39. The molecular weight excluding hydrogens is 352 g/mol. The number of rotatable bonds is 8. The molecule has 1 aliphatic heterocycles. The standard InChI is InChI=1S/C23H32N2O3/c1-17(24)20-11-7-8-12-25(20)15-19-13-21(26-2)23(22(14-19)27-3)28-16-18-9-5-4-6-10-18/h4-6,9-10,13-14,17,20H,7-8,11-12,15-16,24H2,1-3H3. The maximum atomic E-state index is 6.23. The van der Waals surface area contributed by atoms with Gasteiger partial charge in [-0.05, 0) is 49.6 Å². The fourth-order valence-corrected chi connectivity index (χ4v) is 3.94. The molecule has 0 amide bonds. The molecule has 2 N–H and O–H groups in total. The largest absolute Gasteiger partial charge is 0.493 e. The molecule has 1 heterocycles. The van der Waals surface area contributed by atoms with Crippen molar-refractivity contribution in [2.75, 3.05) is 20.8 Å². The molecule has 0 saturated carbocycles. The molecule has 0 aliphatic carbocycles. The second-order valence-electron chi connectivity index (χ2n) is 7.50. The fraction of sp³-hybridized carbons (Fsp3) is 0.478. The van der Waals surface area contributed by atoms with E-state index in [4.69, 9.17) is 19.9 Å². The smallest absolute Gasteiger partial charge is 0.203 e. The summed E-state index contributed by atoms with van der Waals surface area (Å²) in [6.07, 6.45) is 3.63. The summed E-state index contributed by atoms with van der Waals surface area (Å²) < 4.78 is 17.3. The average molecular weight is 385 g/mol.